The van der Waals surface area contributed by atoms with Gasteiger partial charge in [-0.3, -0.25) is 0 Å². The summed E-state index contributed by atoms with van der Waals surface area (Å²) >= 11 is 1.27. The highest BCUT2D eigenvalue weighted by Gasteiger charge is 2.38. The van der Waals surface area contributed by atoms with Gasteiger partial charge in [0.2, 0.25) is 0 Å². The Balaban J connectivity index is 2.60. The summed E-state index contributed by atoms with van der Waals surface area (Å²) in [5.41, 5.74) is 0.285. The predicted octanol–water partition coefficient (Wildman–Crippen LogP) is 1.92. The van der Waals surface area contributed by atoms with Gasteiger partial charge in [0.05, 0.1) is 10.7 Å². The minimum Gasteiger partial charge on any atom is -0.383 e. The summed E-state index contributed by atoms with van der Waals surface area (Å²) < 4.78 is 35.6. The van der Waals surface area contributed by atoms with Crippen LogP contribution >= 0.6 is 11.3 Å². The van der Waals surface area contributed by atoms with Crippen molar-refractivity contribution < 1.29 is 18.3 Å². The molecule has 2 nitrogen and oxygen atoms in total. The van der Waals surface area contributed by atoms with Crippen LogP contribution in [0.4, 0.5) is 13.2 Å². The normalized spacial score (nSPS) is 14.5. The molecule has 0 saturated carbocycles. The topological polar surface area (TPSA) is 33.1 Å². The first-order chi connectivity index (χ1) is 5.89. The molecule has 0 amide bonds. The second-order valence-electron chi connectivity index (χ2n) is 2.62. The molecule has 1 atom stereocenters. The maximum Gasteiger partial charge on any atom is 0.414 e. The molecule has 13 heavy (non-hydrogen) atoms. The summed E-state index contributed by atoms with van der Waals surface area (Å²) in [5, 5.41) is 10.9. The van der Waals surface area contributed by atoms with Crippen molar-refractivity contribution >= 4 is 11.3 Å². The second-order valence-corrected chi connectivity index (χ2v) is 3.68. The third-order valence-corrected chi connectivity index (χ3v) is 2.27. The van der Waals surface area contributed by atoms with E-state index in [2.05, 4.69) is 4.98 Å². The van der Waals surface area contributed by atoms with Crippen LogP contribution in [0.5, 0.6) is 0 Å². The van der Waals surface area contributed by atoms with Crippen molar-refractivity contribution in [1.82, 2.24) is 4.98 Å². The molecule has 0 unspecified atom stereocenters. The number of thiazole rings is 1. The Labute approximate surface area is 77.0 Å². The van der Waals surface area contributed by atoms with E-state index in [0.717, 1.165) is 0 Å². The van der Waals surface area contributed by atoms with Crippen LogP contribution < -0.4 is 0 Å². The van der Waals surface area contributed by atoms with Crippen molar-refractivity contribution in [1.29, 1.82) is 0 Å². The lowest BCUT2D eigenvalue weighted by Crippen LogP contribution is -2.30. The van der Waals surface area contributed by atoms with Crippen molar-refractivity contribution in [3.05, 3.63) is 16.1 Å². The Kier molecular flexibility index (Phi) is 2.92. The molecule has 0 aliphatic rings. The third-order valence-electron chi connectivity index (χ3n) is 1.45. The van der Waals surface area contributed by atoms with E-state index in [-0.39, 0.29) is 5.69 Å². The number of aliphatic hydroxyl groups is 1. The van der Waals surface area contributed by atoms with Gasteiger partial charge < -0.3 is 5.11 Å². The summed E-state index contributed by atoms with van der Waals surface area (Å²) in [4.78, 5) is 3.82. The van der Waals surface area contributed by atoms with E-state index < -0.39 is 18.7 Å². The molecule has 0 saturated heterocycles. The van der Waals surface area contributed by atoms with Crippen molar-refractivity contribution in [2.24, 2.45) is 0 Å². The Hall–Kier alpha value is -0.620. The van der Waals surface area contributed by atoms with Gasteiger partial charge in [0, 0.05) is 11.8 Å². The number of rotatable bonds is 2. The van der Waals surface area contributed by atoms with E-state index in [1.807, 2.05) is 0 Å². The zero-order valence-corrected chi connectivity index (χ0v) is 7.61. The SMILES string of the molecule is Cc1nc(C[C@H](O)C(F)(F)F)cs1. The minimum absolute atomic E-state index is 0.285. The Bertz CT molecular complexity index is 284. The lowest BCUT2D eigenvalue weighted by Gasteiger charge is -2.12. The lowest BCUT2D eigenvalue weighted by molar-refractivity contribution is -0.203. The van der Waals surface area contributed by atoms with E-state index in [1.54, 1.807) is 6.92 Å². The minimum atomic E-state index is -4.56. The van der Waals surface area contributed by atoms with E-state index >= 15 is 0 Å². The Morgan fingerprint density at radius 1 is 1.62 bits per heavy atom. The van der Waals surface area contributed by atoms with Crippen LogP contribution in [0.25, 0.3) is 0 Å². The molecule has 0 aliphatic carbocycles. The fourth-order valence-electron chi connectivity index (χ4n) is 0.816. The van der Waals surface area contributed by atoms with E-state index in [4.69, 9.17) is 5.11 Å². The molecule has 0 bridgehead atoms. The first kappa shape index (κ1) is 10.5. The van der Waals surface area contributed by atoms with Crippen LogP contribution in [0, 0.1) is 6.92 Å². The number of aryl methyl sites for hydroxylation is 1. The largest absolute Gasteiger partial charge is 0.414 e. The molecule has 0 radical (unpaired) electrons. The van der Waals surface area contributed by atoms with Gasteiger partial charge in [-0.05, 0) is 6.92 Å². The van der Waals surface area contributed by atoms with E-state index in [0.29, 0.717) is 5.01 Å². The molecule has 0 fully saturated rings. The highest BCUT2D eigenvalue weighted by Crippen LogP contribution is 2.23. The van der Waals surface area contributed by atoms with Gasteiger partial charge in [0.25, 0.3) is 0 Å². The van der Waals surface area contributed by atoms with Crippen molar-refractivity contribution in [2.75, 3.05) is 0 Å². The summed E-state index contributed by atoms with van der Waals surface area (Å²) in [6.45, 7) is 1.70. The molecule has 6 heteroatoms. The molecular weight excluding hydrogens is 203 g/mol. The number of hydrogen-bond donors (Lipinski definition) is 1. The van der Waals surface area contributed by atoms with Gasteiger partial charge >= 0.3 is 6.18 Å². The number of aromatic nitrogens is 1. The Morgan fingerprint density at radius 3 is 2.62 bits per heavy atom. The van der Waals surface area contributed by atoms with Crippen molar-refractivity contribution in [3.8, 4) is 0 Å². The molecule has 1 aromatic heterocycles. The van der Waals surface area contributed by atoms with Gasteiger partial charge in [-0.15, -0.1) is 11.3 Å². The maximum atomic E-state index is 11.9. The number of aliphatic hydroxyl groups excluding tert-OH is 1. The molecule has 0 spiro atoms. The van der Waals surface area contributed by atoms with Gasteiger partial charge in [-0.25, -0.2) is 4.98 Å². The number of nitrogens with zero attached hydrogens (tertiary/aromatic N) is 1. The van der Waals surface area contributed by atoms with Gasteiger partial charge in [-0.1, -0.05) is 0 Å². The fraction of sp³-hybridized carbons (Fsp3) is 0.571. The molecule has 0 aromatic carbocycles. The maximum absolute atomic E-state index is 11.9. The summed E-state index contributed by atoms with van der Waals surface area (Å²) in [6, 6.07) is 0. The smallest absolute Gasteiger partial charge is 0.383 e. The second kappa shape index (κ2) is 3.63. The summed E-state index contributed by atoms with van der Waals surface area (Å²) in [7, 11) is 0. The highest BCUT2D eigenvalue weighted by atomic mass is 32.1. The number of hydrogen-bond acceptors (Lipinski definition) is 3. The fourth-order valence-corrected chi connectivity index (χ4v) is 1.44. The first-order valence-electron chi connectivity index (χ1n) is 3.55. The molecule has 1 rings (SSSR count). The summed E-state index contributed by atoms with van der Waals surface area (Å²) in [5.74, 6) is 0. The molecule has 0 aliphatic heterocycles. The lowest BCUT2D eigenvalue weighted by atomic mass is 10.2. The van der Waals surface area contributed by atoms with Gasteiger partial charge in [0.15, 0.2) is 6.10 Å². The van der Waals surface area contributed by atoms with E-state index in [9.17, 15) is 13.2 Å². The quantitative estimate of drug-likeness (QED) is 0.810. The average molecular weight is 211 g/mol. The van der Waals surface area contributed by atoms with Crippen molar-refractivity contribution in [2.45, 2.75) is 25.6 Å². The average Bonchev–Trinajstić information content (AvgIpc) is 2.33. The van der Waals surface area contributed by atoms with Crippen LogP contribution in [0.1, 0.15) is 10.7 Å². The molecule has 1 aromatic rings. The van der Waals surface area contributed by atoms with Crippen LogP contribution in [-0.2, 0) is 6.42 Å². The van der Waals surface area contributed by atoms with Gasteiger partial charge in [-0.2, -0.15) is 13.2 Å². The molecular formula is C7H8F3NOS. The zero-order valence-electron chi connectivity index (χ0n) is 6.80. The van der Waals surface area contributed by atoms with Crippen LogP contribution in [0.15, 0.2) is 5.38 Å². The Morgan fingerprint density at radius 2 is 2.23 bits per heavy atom. The number of halogens is 3. The molecule has 1 heterocycles. The third kappa shape index (κ3) is 2.96. The molecule has 74 valence electrons. The monoisotopic (exact) mass is 211 g/mol. The number of alkyl halides is 3. The van der Waals surface area contributed by atoms with Crippen LogP contribution in [-0.4, -0.2) is 22.4 Å². The first-order valence-corrected chi connectivity index (χ1v) is 4.43. The van der Waals surface area contributed by atoms with Gasteiger partial charge in [0.1, 0.15) is 0 Å². The zero-order chi connectivity index (χ0) is 10.1. The standard InChI is InChI=1S/C7H8F3NOS/c1-4-11-5(3-13-4)2-6(12)7(8,9)10/h3,6,12H,2H2,1H3/t6-/m0/s1. The van der Waals surface area contributed by atoms with Crippen LogP contribution in [0.2, 0.25) is 0 Å². The summed E-state index contributed by atoms with van der Waals surface area (Å²) in [6.07, 6.45) is -7.33. The van der Waals surface area contributed by atoms with E-state index in [1.165, 1.54) is 16.7 Å². The highest BCUT2D eigenvalue weighted by molar-refractivity contribution is 7.09. The van der Waals surface area contributed by atoms with Crippen LogP contribution in [0.3, 0.4) is 0 Å². The molecule has 1 N–H and O–H groups in total. The predicted molar refractivity (Wildman–Crippen MR) is 42.6 cm³/mol. The van der Waals surface area contributed by atoms with Crippen molar-refractivity contribution in [3.63, 3.8) is 0 Å².